The molecule has 0 saturated heterocycles. The molecule has 8 nitrogen and oxygen atoms in total. The Morgan fingerprint density at radius 3 is 2.85 bits per heavy atom. The van der Waals surface area contributed by atoms with Crippen LogP contribution in [0.25, 0.3) is 16.7 Å². The smallest absolute Gasteiger partial charge is 0.262 e. The van der Waals surface area contributed by atoms with E-state index < -0.39 is 0 Å². The molecule has 1 N–H and O–H groups in total. The average Bonchev–Trinajstić information content (AvgIpc) is 3.19. The highest BCUT2D eigenvalue weighted by molar-refractivity contribution is 7.99. The lowest BCUT2D eigenvalue weighted by Gasteiger charge is -2.06. The number of aromatic nitrogens is 7. The number of H-pyrrole nitrogens is 1. The van der Waals surface area contributed by atoms with E-state index in [0.717, 1.165) is 42.5 Å². The van der Waals surface area contributed by atoms with Crippen molar-refractivity contribution in [2.24, 2.45) is 0 Å². The van der Waals surface area contributed by atoms with E-state index in [1.165, 1.54) is 18.2 Å². The second-order valence-corrected chi connectivity index (χ2v) is 7.42. The Hall–Kier alpha value is -2.94. The Balaban J connectivity index is 1.57. The Labute approximate surface area is 158 Å². The first kappa shape index (κ1) is 16.2. The number of benzene rings is 1. The molecule has 5 rings (SSSR count). The van der Waals surface area contributed by atoms with Crippen LogP contribution in [-0.4, -0.2) is 34.5 Å². The van der Waals surface area contributed by atoms with Gasteiger partial charge in [-0.1, -0.05) is 24.6 Å². The summed E-state index contributed by atoms with van der Waals surface area (Å²) in [5.41, 5.74) is 1.18. The Bertz CT molecular complexity index is 1160. The summed E-state index contributed by atoms with van der Waals surface area (Å²) in [6.07, 6.45) is 5.94. The van der Waals surface area contributed by atoms with E-state index in [1.807, 2.05) is 30.3 Å². The highest BCUT2D eigenvalue weighted by atomic mass is 32.2. The van der Waals surface area contributed by atoms with Crippen LogP contribution >= 0.6 is 11.8 Å². The first-order valence-corrected chi connectivity index (χ1v) is 9.75. The monoisotopic (exact) mass is 379 g/mol. The third kappa shape index (κ3) is 2.93. The van der Waals surface area contributed by atoms with Gasteiger partial charge in [0, 0.05) is 13.0 Å². The lowest BCUT2D eigenvalue weighted by Crippen LogP contribution is -2.10. The van der Waals surface area contributed by atoms with Gasteiger partial charge in [0.1, 0.15) is 11.2 Å². The van der Waals surface area contributed by atoms with Crippen LogP contribution in [0.4, 0.5) is 0 Å². The van der Waals surface area contributed by atoms with Crippen LogP contribution in [0.5, 0.6) is 0 Å². The third-order valence-electron chi connectivity index (χ3n) is 4.68. The van der Waals surface area contributed by atoms with E-state index in [0.29, 0.717) is 16.2 Å². The molecule has 3 aromatic heterocycles. The number of aromatic amines is 1. The molecule has 27 heavy (non-hydrogen) atoms. The van der Waals surface area contributed by atoms with Gasteiger partial charge in [0.2, 0.25) is 0 Å². The van der Waals surface area contributed by atoms with E-state index in [9.17, 15) is 4.79 Å². The van der Waals surface area contributed by atoms with Crippen molar-refractivity contribution in [2.45, 2.75) is 42.5 Å². The zero-order valence-corrected chi connectivity index (χ0v) is 15.3. The van der Waals surface area contributed by atoms with Crippen molar-refractivity contribution in [3.8, 4) is 5.69 Å². The molecule has 1 aliphatic heterocycles. The first-order valence-electron chi connectivity index (χ1n) is 8.93. The summed E-state index contributed by atoms with van der Waals surface area (Å²) >= 11 is 1.34. The standard InChI is InChI=1S/C18H17N7OS/c26-16-13-11-19-25(12-7-3-1-4-8-12)15(13)20-17(21-16)27-18-23-22-14-9-5-2-6-10-24(14)18/h1,3-4,7-8,11H,2,5-6,9-10H2,(H,20,21,26). The number of rotatable bonds is 3. The number of aryl methyl sites for hydroxylation is 1. The molecular formula is C18H17N7OS. The molecular weight excluding hydrogens is 362 g/mol. The largest absolute Gasteiger partial charge is 0.306 e. The molecule has 0 atom stereocenters. The summed E-state index contributed by atoms with van der Waals surface area (Å²) in [6, 6.07) is 9.66. The van der Waals surface area contributed by atoms with Gasteiger partial charge in [-0.05, 0) is 36.7 Å². The molecule has 0 radical (unpaired) electrons. The molecule has 4 aromatic rings. The van der Waals surface area contributed by atoms with Crippen LogP contribution in [0, 0.1) is 0 Å². The van der Waals surface area contributed by atoms with Gasteiger partial charge in [-0.15, -0.1) is 10.2 Å². The number of nitrogens with one attached hydrogen (secondary N) is 1. The SMILES string of the molecule is O=c1[nH]c(Sc2nnc3n2CCCCC3)nc2c1cnn2-c1ccccc1. The maximum Gasteiger partial charge on any atom is 0.262 e. The summed E-state index contributed by atoms with van der Waals surface area (Å²) in [5, 5.41) is 14.7. The Kier molecular flexibility index (Phi) is 4.01. The average molecular weight is 379 g/mol. The quantitative estimate of drug-likeness (QED) is 0.550. The molecule has 0 unspecified atom stereocenters. The number of hydrogen-bond donors (Lipinski definition) is 1. The maximum atomic E-state index is 12.5. The van der Waals surface area contributed by atoms with E-state index >= 15 is 0 Å². The number of nitrogens with zero attached hydrogens (tertiary/aromatic N) is 6. The molecule has 1 aliphatic rings. The van der Waals surface area contributed by atoms with E-state index in [-0.39, 0.29) is 5.56 Å². The molecule has 0 amide bonds. The van der Waals surface area contributed by atoms with E-state index in [1.54, 1.807) is 10.9 Å². The van der Waals surface area contributed by atoms with Gasteiger partial charge < -0.3 is 9.55 Å². The Morgan fingerprint density at radius 2 is 1.96 bits per heavy atom. The van der Waals surface area contributed by atoms with Crippen molar-refractivity contribution in [2.75, 3.05) is 0 Å². The highest BCUT2D eigenvalue weighted by Crippen LogP contribution is 2.26. The van der Waals surface area contributed by atoms with E-state index in [2.05, 4.69) is 29.8 Å². The number of para-hydroxylation sites is 1. The summed E-state index contributed by atoms with van der Waals surface area (Å²) in [5.74, 6) is 1.01. The molecule has 0 spiro atoms. The fraction of sp³-hybridized carbons (Fsp3) is 0.278. The molecule has 9 heteroatoms. The number of fused-ring (bicyclic) bond motifs is 2. The summed E-state index contributed by atoms with van der Waals surface area (Å²) < 4.78 is 3.81. The Morgan fingerprint density at radius 1 is 1.07 bits per heavy atom. The first-order chi connectivity index (χ1) is 13.3. The molecule has 0 fully saturated rings. The fourth-order valence-corrected chi connectivity index (χ4v) is 4.16. The predicted octanol–water partition coefficient (Wildman–Crippen LogP) is 2.58. The molecule has 0 aliphatic carbocycles. The lowest BCUT2D eigenvalue weighted by molar-refractivity contribution is 0.590. The molecule has 0 bridgehead atoms. The van der Waals surface area contributed by atoms with Gasteiger partial charge in [0.25, 0.3) is 5.56 Å². The van der Waals surface area contributed by atoms with Gasteiger partial charge in [-0.3, -0.25) is 4.79 Å². The zero-order valence-electron chi connectivity index (χ0n) is 14.5. The van der Waals surface area contributed by atoms with Crippen molar-refractivity contribution in [3.05, 3.63) is 52.7 Å². The molecule has 0 saturated carbocycles. The minimum atomic E-state index is -0.208. The van der Waals surface area contributed by atoms with Crippen molar-refractivity contribution >= 4 is 22.8 Å². The summed E-state index contributed by atoms with van der Waals surface area (Å²) in [6.45, 7) is 0.902. The van der Waals surface area contributed by atoms with Gasteiger partial charge in [-0.25, -0.2) is 9.67 Å². The minimum absolute atomic E-state index is 0.208. The molecule has 136 valence electrons. The third-order valence-corrected chi connectivity index (χ3v) is 5.55. The summed E-state index contributed by atoms with van der Waals surface area (Å²) in [4.78, 5) is 20.0. The summed E-state index contributed by atoms with van der Waals surface area (Å²) in [7, 11) is 0. The van der Waals surface area contributed by atoms with Crippen LogP contribution in [0.15, 0.2) is 51.6 Å². The number of hydrogen-bond acceptors (Lipinski definition) is 6. The van der Waals surface area contributed by atoms with Crippen LogP contribution < -0.4 is 5.56 Å². The van der Waals surface area contributed by atoms with Gasteiger partial charge in [0.15, 0.2) is 16.0 Å². The highest BCUT2D eigenvalue weighted by Gasteiger charge is 2.18. The van der Waals surface area contributed by atoms with Crippen molar-refractivity contribution in [1.29, 1.82) is 0 Å². The van der Waals surface area contributed by atoms with Crippen molar-refractivity contribution in [1.82, 2.24) is 34.5 Å². The van der Waals surface area contributed by atoms with Gasteiger partial charge >= 0.3 is 0 Å². The maximum absolute atomic E-state index is 12.5. The fourth-order valence-electron chi connectivity index (χ4n) is 3.33. The van der Waals surface area contributed by atoms with Gasteiger partial charge in [0.05, 0.1) is 11.9 Å². The van der Waals surface area contributed by atoms with Crippen LogP contribution in [0.2, 0.25) is 0 Å². The predicted molar refractivity (Wildman–Crippen MR) is 101 cm³/mol. The van der Waals surface area contributed by atoms with Gasteiger partial charge in [-0.2, -0.15) is 5.10 Å². The van der Waals surface area contributed by atoms with E-state index in [4.69, 9.17) is 0 Å². The van der Waals surface area contributed by atoms with Crippen molar-refractivity contribution < 1.29 is 0 Å². The van der Waals surface area contributed by atoms with Crippen LogP contribution in [-0.2, 0) is 13.0 Å². The van der Waals surface area contributed by atoms with Crippen molar-refractivity contribution in [3.63, 3.8) is 0 Å². The molecule has 1 aromatic carbocycles. The van der Waals surface area contributed by atoms with Crippen LogP contribution in [0.3, 0.4) is 0 Å². The molecule has 4 heterocycles. The topological polar surface area (TPSA) is 94.3 Å². The normalized spacial score (nSPS) is 14.2. The second kappa shape index (κ2) is 6.66. The zero-order chi connectivity index (χ0) is 18.2. The lowest BCUT2D eigenvalue weighted by atomic mass is 10.2. The minimum Gasteiger partial charge on any atom is -0.306 e. The van der Waals surface area contributed by atoms with Crippen LogP contribution in [0.1, 0.15) is 25.1 Å². The second-order valence-electron chi connectivity index (χ2n) is 6.46.